The van der Waals surface area contributed by atoms with Crippen LogP contribution in [0.15, 0.2) is 18.5 Å². The normalized spacial score (nSPS) is 31.0. The fraction of sp³-hybridized carbons (Fsp3) is 0.706. The molecule has 4 heterocycles. The number of aromatic nitrogens is 2. The lowest BCUT2D eigenvalue weighted by Crippen LogP contribution is -2.65. The predicted octanol–water partition coefficient (Wildman–Crippen LogP) is 1.51. The number of nitrogens with zero attached hydrogens (tertiary/aromatic N) is 3. The van der Waals surface area contributed by atoms with Gasteiger partial charge in [0.2, 0.25) is 0 Å². The average Bonchev–Trinajstić information content (AvgIpc) is 2.62. The quantitative estimate of drug-likeness (QED) is 0.822. The second-order valence-corrected chi connectivity index (χ2v) is 7.12. The fourth-order valence-corrected chi connectivity index (χ4v) is 4.77. The van der Waals surface area contributed by atoms with Gasteiger partial charge in [-0.2, -0.15) is 10.2 Å². The van der Waals surface area contributed by atoms with Crippen LogP contribution < -0.4 is 10.6 Å². The number of amides is 1. The van der Waals surface area contributed by atoms with Gasteiger partial charge in [0.25, 0.3) is 5.91 Å². The van der Waals surface area contributed by atoms with Gasteiger partial charge in [-0.15, -0.1) is 24.8 Å². The van der Waals surface area contributed by atoms with E-state index in [9.17, 15) is 4.79 Å². The van der Waals surface area contributed by atoms with Crippen LogP contribution >= 0.6 is 24.8 Å². The molecule has 0 aliphatic carbocycles. The third-order valence-corrected chi connectivity index (χ3v) is 5.84. The maximum absolute atomic E-state index is 12.3. The Kier molecular flexibility index (Phi) is 7.43. The summed E-state index contributed by atoms with van der Waals surface area (Å²) < 4.78 is 0. The van der Waals surface area contributed by atoms with E-state index in [-0.39, 0.29) is 30.7 Å². The van der Waals surface area contributed by atoms with Gasteiger partial charge in [0, 0.05) is 18.6 Å². The van der Waals surface area contributed by atoms with Crippen LogP contribution in [0.3, 0.4) is 0 Å². The fourth-order valence-electron chi connectivity index (χ4n) is 4.77. The zero-order valence-electron chi connectivity index (χ0n) is 14.3. The molecule has 2 bridgehead atoms. The molecule has 0 unspecified atom stereocenters. The first-order chi connectivity index (χ1) is 11.3. The Balaban J connectivity index is 0.00000113. The second-order valence-electron chi connectivity index (χ2n) is 7.12. The Morgan fingerprint density at radius 2 is 2.08 bits per heavy atom. The minimum Gasteiger partial charge on any atom is -0.350 e. The average molecular weight is 388 g/mol. The van der Waals surface area contributed by atoms with Crippen molar-refractivity contribution in [1.29, 1.82) is 0 Å². The van der Waals surface area contributed by atoms with Gasteiger partial charge in [-0.05, 0) is 56.8 Å². The number of fused-ring (bicyclic) bond motifs is 4. The summed E-state index contributed by atoms with van der Waals surface area (Å²) >= 11 is 0. The van der Waals surface area contributed by atoms with E-state index in [2.05, 4.69) is 25.7 Å². The van der Waals surface area contributed by atoms with Crippen molar-refractivity contribution in [2.75, 3.05) is 26.2 Å². The maximum Gasteiger partial charge on any atom is 0.253 e. The van der Waals surface area contributed by atoms with Crippen molar-refractivity contribution in [3.05, 3.63) is 24.0 Å². The molecule has 0 aromatic carbocycles. The molecule has 3 aliphatic heterocycles. The third-order valence-electron chi connectivity index (χ3n) is 5.84. The summed E-state index contributed by atoms with van der Waals surface area (Å²) in [5, 5.41) is 14.3. The molecule has 3 fully saturated rings. The van der Waals surface area contributed by atoms with Crippen LogP contribution in [0.5, 0.6) is 0 Å². The summed E-state index contributed by atoms with van der Waals surface area (Å²) in [7, 11) is 0. The summed E-state index contributed by atoms with van der Waals surface area (Å²) in [6, 6.07) is 2.88. The standard InChI is InChI=1S/C17H25N5O.2ClH/c23-17(12-4-5-20-21-10-12)19-11-16-14-7-13(8-18-9-14)15-3-1-2-6-22(15)16;;/h4-5,10,13-16,18H,1-3,6-9,11H2,(H,19,23);2*1H/t13-,14+,15+,16+;;/m1../s1. The predicted molar refractivity (Wildman–Crippen MR) is 101 cm³/mol. The van der Waals surface area contributed by atoms with Crippen molar-refractivity contribution in [2.45, 2.75) is 37.8 Å². The lowest BCUT2D eigenvalue weighted by molar-refractivity contribution is -0.0371. The first-order valence-corrected chi connectivity index (χ1v) is 8.84. The molecule has 0 saturated carbocycles. The highest BCUT2D eigenvalue weighted by Crippen LogP contribution is 2.38. The van der Waals surface area contributed by atoms with E-state index in [4.69, 9.17) is 0 Å². The minimum atomic E-state index is -0.0423. The Hall–Kier alpha value is -0.950. The van der Waals surface area contributed by atoms with E-state index in [0.29, 0.717) is 23.6 Å². The molecule has 1 amide bonds. The van der Waals surface area contributed by atoms with Gasteiger partial charge in [0.05, 0.1) is 18.0 Å². The Labute approximate surface area is 161 Å². The summed E-state index contributed by atoms with van der Waals surface area (Å²) in [6.07, 6.45) is 8.36. The van der Waals surface area contributed by atoms with Gasteiger partial charge in [-0.1, -0.05) is 6.42 Å². The zero-order chi connectivity index (χ0) is 15.6. The lowest BCUT2D eigenvalue weighted by Gasteiger charge is -2.55. The third kappa shape index (κ3) is 4.25. The highest BCUT2D eigenvalue weighted by molar-refractivity contribution is 5.93. The van der Waals surface area contributed by atoms with Crippen LogP contribution in [0.2, 0.25) is 0 Å². The molecule has 2 N–H and O–H groups in total. The first-order valence-electron chi connectivity index (χ1n) is 8.84. The second kappa shape index (κ2) is 9.12. The summed E-state index contributed by atoms with van der Waals surface area (Å²) in [6.45, 7) is 4.17. The molecule has 6 nitrogen and oxygen atoms in total. The maximum atomic E-state index is 12.3. The summed E-state index contributed by atoms with van der Waals surface area (Å²) in [5.41, 5.74) is 0.589. The summed E-state index contributed by atoms with van der Waals surface area (Å²) in [5.74, 6) is 1.41. The highest BCUT2D eigenvalue weighted by Gasteiger charge is 2.45. The number of hydrogen-bond acceptors (Lipinski definition) is 5. The van der Waals surface area contributed by atoms with Crippen molar-refractivity contribution in [3.8, 4) is 0 Å². The molecule has 25 heavy (non-hydrogen) atoms. The Morgan fingerprint density at radius 3 is 2.88 bits per heavy atom. The summed E-state index contributed by atoms with van der Waals surface area (Å²) in [4.78, 5) is 15.0. The Morgan fingerprint density at radius 1 is 1.24 bits per heavy atom. The number of halogens is 2. The molecular weight excluding hydrogens is 361 g/mol. The van der Waals surface area contributed by atoms with Crippen LogP contribution in [0.25, 0.3) is 0 Å². The topological polar surface area (TPSA) is 70.2 Å². The number of carbonyl (C=O) groups is 1. The molecule has 4 atom stereocenters. The lowest BCUT2D eigenvalue weighted by atomic mass is 9.73. The van der Waals surface area contributed by atoms with Gasteiger partial charge in [0.15, 0.2) is 0 Å². The van der Waals surface area contributed by atoms with E-state index in [1.807, 2.05) is 0 Å². The molecule has 1 aromatic rings. The zero-order valence-corrected chi connectivity index (χ0v) is 15.9. The van der Waals surface area contributed by atoms with E-state index in [1.54, 1.807) is 12.3 Å². The van der Waals surface area contributed by atoms with Crippen molar-refractivity contribution >= 4 is 30.7 Å². The first kappa shape index (κ1) is 20.4. The molecule has 0 radical (unpaired) electrons. The van der Waals surface area contributed by atoms with Crippen LogP contribution in [-0.4, -0.2) is 59.3 Å². The van der Waals surface area contributed by atoms with E-state index < -0.39 is 0 Å². The molecule has 4 rings (SSSR count). The molecule has 8 heteroatoms. The number of hydrogen-bond donors (Lipinski definition) is 2. The highest BCUT2D eigenvalue weighted by atomic mass is 35.5. The van der Waals surface area contributed by atoms with E-state index in [1.165, 1.54) is 45.0 Å². The monoisotopic (exact) mass is 387 g/mol. The van der Waals surface area contributed by atoms with Crippen molar-refractivity contribution in [2.24, 2.45) is 11.8 Å². The van der Waals surface area contributed by atoms with Crippen LogP contribution in [0.1, 0.15) is 36.0 Å². The SMILES string of the molecule is Cl.Cl.O=C(NC[C@H]1[C@@H]2CNC[C@@H](C2)[C@@H]2CCCCN21)c1ccnnc1. The smallest absolute Gasteiger partial charge is 0.253 e. The molecule has 1 aromatic heterocycles. The molecule has 140 valence electrons. The number of nitrogens with one attached hydrogen (secondary N) is 2. The number of piperidine rings is 3. The van der Waals surface area contributed by atoms with E-state index >= 15 is 0 Å². The number of carbonyl (C=O) groups excluding carboxylic acids is 1. The van der Waals surface area contributed by atoms with Crippen LogP contribution in [0, 0.1) is 11.8 Å². The minimum absolute atomic E-state index is 0. The molecular formula is C17H27Cl2N5O. The largest absolute Gasteiger partial charge is 0.350 e. The van der Waals surface area contributed by atoms with Crippen molar-refractivity contribution < 1.29 is 4.79 Å². The van der Waals surface area contributed by atoms with Gasteiger partial charge in [-0.3, -0.25) is 9.69 Å². The molecule has 3 aliphatic rings. The van der Waals surface area contributed by atoms with Crippen molar-refractivity contribution in [3.63, 3.8) is 0 Å². The van der Waals surface area contributed by atoms with Gasteiger partial charge in [0.1, 0.15) is 0 Å². The Bertz CT molecular complexity index is 561. The number of rotatable bonds is 3. The van der Waals surface area contributed by atoms with Gasteiger partial charge < -0.3 is 10.6 Å². The van der Waals surface area contributed by atoms with Crippen LogP contribution in [0.4, 0.5) is 0 Å². The van der Waals surface area contributed by atoms with E-state index in [0.717, 1.165) is 19.0 Å². The van der Waals surface area contributed by atoms with Crippen LogP contribution in [-0.2, 0) is 0 Å². The van der Waals surface area contributed by atoms with Gasteiger partial charge in [-0.25, -0.2) is 0 Å². The van der Waals surface area contributed by atoms with Crippen molar-refractivity contribution in [1.82, 2.24) is 25.7 Å². The van der Waals surface area contributed by atoms with Gasteiger partial charge >= 0.3 is 0 Å². The molecule has 3 saturated heterocycles. The molecule has 0 spiro atoms.